The Kier molecular flexibility index (Phi) is 3.48. The highest BCUT2D eigenvalue weighted by Crippen LogP contribution is 2.05. The van der Waals surface area contributed by atoms with Gasteiger partial charge in [0.05, 0.1) is 22.2 Å². The second-order valence-corrected chi connectivity index (χ2v) is 3.92. The normalized spacial score (nSPS) is 12.8. The predicted octanol–water partition coefficient (Wildman–Crippen LogP) is 0.734. The van der Waals surface area contributed by atoms with E-state index in [9.17, 15) is 4.21 Å². The third kappa shape index (κ3) is 2.30. The van der Waals surface area contributed by atoms with Crippen molar-refractivity contribution in [2.24, 2.45) is 0 Å². The summed E-state index contributed by atoms with van der Waals surface area (Å²) in [6.45, 7) is 4.01. The van der Waals surface area contributed by atoms with E-state index in [1.165, 1.54) is 0 Å². The van der Waals surface area contributed by atoms with Gasteiger partial charge in [-0.3, -0.25) is 4.21 Å². The Morgan fingerprint density at radius 1 is 1.15 bits per heavy atom. The van der Waals surface area contributed by atoms with E-state index in [0.717, 1.165) is 24.2 Å². The Morgan fingerprint density at radius 2 is 1.77 bits per heavy atom. The van der Waals surface area contributed by atoms with Crippen molar-refractivity contribution in [3.8, 4) is 0 Å². The summed E-state index contributed by atoms with van der Waals surface area (Å²) in [5.74, 6) is 0. The van der Waals surface area contributed by atoms with E-state index in [4.69, 9.17) is 0 Å². The van der Waals surface area contributed by atoms with E-state index in [0.29, 0.717) is 5.16 Å². The lowest BCUT2D eigenvalue weighted by molar-refractivity contribution is 0.666. The summed E-state index contributed by atoms with van der Waals surface area (Å²) in [7, 11) is -1.14. The van der Waals surface area contributed by atoms with Crippen LogP contribution >= 0.6 is 0 Å². The van der Waals surface area contributed by atoms with Crippen LogP contribution in [-0.4, -0.2) is 25.6 Å². The maximum absolute atomic E-state index is 11.1. The van der Waals surface area contributed by atoms with Gasteiger partial charge < -0.3 is 0 Å². The Labute approximate surface area is 80.3 Å². The van der Waals surface area contributed by atoms with E-state index < -0.39 is 10.8 Å². The Morgan fingerprint density at radius 3 is 2.23 bits per heavy atom. The molecule has 0 saturated carbocycles. The highest BCUT2D eigenvalue weighted by molar-refractivity contribution is 7.84. The summed E-state index contributed by atoms with van der Waals surface area (Å²) in [5, 5.41) is 8.11. The zero-order chi connectivity index (χ0) is 9.84. The minimum absolute atomic E-state index is 0.328. The van der Waals surface area contributed by atoms with Crippen molar-refractivity contribution in [1.82, 2.24) is 15.2 Å². The number of aromatic nitrogens is 3. The lowest BCUT2D eigenvalue weighted by Crippen LogP contribution is -2.07. The van der Waals surface area contributed by atoms with Crippen LogP contribution in [0.15, 0.2) is 5.16 Å². The van der Waals surface area contributed by atoms with Gasteiger partial charge >= 0.3 is 0 Å². The van der Waals surface area contributed by atoms with Crippen LogP contribution in [0.1, 0.15) is 25.2 Å². The van der Waals surface area contributed by atoms with Crippen LogP contribution in [-0.2, 0) is 23.6 Å². The summed E-state index contributed by atoms with van der Waals surface area (Å²) in [6.07, 6.45) is 3.19. The molecule has 0 aliphatic rings. The maximum atomic E-state index is 11.1. The second-order valence-electron chi connectivity index (χ2n) is 2.65. The molecule has 0 amide bonds. The van der Waals surface area contributed by atoms with Gasteiger partial charge in [-0.1, -0.05) is 13.8 Å². The van der Waals surface area contributed by atoms with Crippen LogP contribution < -0.4 is 0 Å². The molecule has 0 spiro atoms. The quantitative estimate of drug-likeness (QED) is 0.720. The molecule has 0 aliphatic carbocycles. The van der Waals surface area contributed by atoms with E-state index >= 15 is 0 Å². The van der Waals surface area contributed by atoms with E-state index in [-0.39, 0.29) is 0 Å². The summed E-state index contributed by atoms with van der Waals surface area (Å²) < 4.78 is 11.1. The molecule has 0 fully saturated rings. The van der Waals surface area contributed by atoms with Crippen LogP contribution in [0.4, 0.5) is 0 Å². The zero-order valence-corrected chi connectivity index (χ0v) is 8.89. The molecular weight excluding hydrogens is 186 g/mol. The van der Waals surface area contributed by atoms with Gasteiger partial charge in [-0.05, 0) is 12.8 Å². The minimum Gasteiger partial charge on any atom is -0.251 e. The first kappa shape index (κ1) is 10.2. The molecule has 0 aliphatic heterocycles. The predicted molar refractivity (Wildman–Crippen MR) is 50.9 cm³/mol. The molecule has 72 valence electrons. The van der Waals surface area contributed by atoms with Crippen LogP contribution in [0, 0.1) is 0 Å². The van der Waals surface area contributed by atoms with Crippen molar-refractivity contribution >= 4 is 10.8 Å². The Hall–Kier alpha value is -0.840. The molecule has 0 aromatic carbocycles. The summed E-state index contributed by atoms with van der Waals surface area (Å²) in [5.41, 5.74) is 1.81. The van der Waals surface area contributed by atoms with Gasteiger partial charge in [-0.2, -0.15) is 5.10 Å². The third-order valence-electron chi connectivity index (χ3n) is 1.75. The number of hydrogen-bond acceptors (Lipinski definition) is 4. The summed E-state index contributed by atoms with van der Waals surface area (Å²) >= 11 is 0. The number of aryl methyl sites for hydroxylation is 2. The maximum Gasteiger partial charge on any atom is 0.239 e. The average molecular weight is 199 g/mol. The smallest absolute Gasteiger partial charge is 0.239 e. The van der Waals surface area contributed by atoms with Crippen molar-refractivity contribution in [3.63, 3.8) is 0 Å². The molecule has 0 saturated heterocycles. The lowest BCUT2D eigenvalue weighted by atomic mass is 10.2. The van der Waals surface area contributed by atoms with Crippen LogP contribution in [0.2, 0.25) is 0 Å². The van der Waals surface area contributed by atoms with Crippen LogP contribution in [0.25, 0.3) is 0 Å². The van der Waals surface area contributed by atoms with Crippen molar-refractivity contribution in [3.05, 3.63) is 11.4 Å². The molecule has 1 aromatic heterocycles. The van der Waals surface area contributed by atoms with Gasteiger partial charge in [-0.25, -0.2) is 4.98 Å². The average Bonchev–Trinajstić information content (AvgIpc) is 2.16. The molecule has 1 heterocycles. The largest absolute Gasteiger partial charge is 0.251 e. The number of hydrogen-bond donors (Lipinski definition) is 0. The lowest BCUT2D eigenvalue weighted by Gasteiger charge is -2.02. The third-order valence-corrected chi connectivity index (χ3v) is 2.43. The topological polar surface area (TPSA) is 55.7 Å². The fraction of sp³-hybridized carbons (Fsp3) is 0.625. The minimum atomic E-state index is -1.14. The van der Waals surface area contributed by atoms with E-state index in [2.05, 4.69) is 15.2 Å². The van der Waals surface area contributed by atoms with E-state index in [1.54, 1.807) is 6.26 Å². The standard InChI is InChI=1S/C8H13N3OS/c1-4-6-7(5-2)10-11-8(9-6)13(3)12/h4-5H2,1-3H3. The summed E-state index contributed by atoms with van der Waals surface area (Å²) in [4.78, 5) is 4.19. The molecule has 0 N–H and O–H groups in total. The molecule has 4 nitrogen and oxygen atoms in total. The second kappa shape index (κ2) is 4.41. The molecule has 0 bridgehead atoms. The molecule has 1 unspecified atom stereocenters. The fourth-order valence-corrected chi connectivity index (χ4v) is 1.44. The molecule has 0 radical (unpaired) electrons. The fourth-order valence-electron chi connectivity index (χ4n) is 1.04. The first-order valence-corrected chi connectivity index (χ1v) is 5.80. The first-order valence-electron chi connectivity index (χ1n) is 4.24. The van der Waals surface area contributed by atoms with Crippen molar-refractivity contribution in [1.29, 1.82) is 0 Å². The monoisotopic (exact) mass is 199 g/mol. The Balaban J connectivity index is 3.13. The van der Waals surface area contributed by atoms with Crippen LogP contribution in [0.5, 0.6) is 0 Å². The van der Waals surface area contributed by atoms with E-state index in [1.807, 2.05) is 13.8 Å². The molecule has 13 heavy (non-hydrogen) atoms. The van der Waals surface area contributed by atoms with Gasteiger partial charge in [-0.15, -0.1) is 5.10 Å². The van der Waals surface area contributed by atoms with Gasteiger partial charge in [0.2, 0.25) is 5.16 Å². The van der Waals surface area contributed by atoms with Gasteiger partial charge in [0.15, 0.2) is 0 Å². The molecule has 1 aromatic rings. The zero-order valence-electron chi connectivity index (χ0n) is 8.07. The number of rotatable bonds is 3. The number of nitrogens with zero attached hydrogens (tertiary/aromatic N) is 3. The molecule has 1 atom stereocenters. The highest BCUT2D eigenvalue weighted by Gasteiger charge is 2.07. The molecule has 1 rings (SSSR count). The van der Waals surface area contributed by atoms with Gasteiger partial charge in [0, 0.05) is 6.26 Å². The Bertz CT molecular complexity index is 327. The van der Waals surface area contributed by atoms with Crippen molar-refractivity contribution in [2.75, 3.05) is 6.26 Å². The SMILES string of the molecule is CCc1nnc(S(C)=O)nc1CC. The van der Waals surface area contributed by atoms with Crippen molar-refractivity contribution < 1.29 is 4.21 Å². The van der Waals surface area contributed by atoms with Crippen molar-refractivity contribution in [2.45, 2.75) is 31.8 Å². The summed E-state index contributed by atoms with van der Waals surface area (Å²) in [6, 6.07) is 0. The molecular formula is C8H13N3OS. The van der Waals surface area contributed by atoms with Gasteiger partial charge in [0.25, 0.3) is 0 Å². The highest BCUT2D eigenvalue weighted by atomic mass is 32.2. The van der Waals surface area contributed by atoms with Gasteiger partial charge in [0.1, 0.15) is 0 Å². The molecule has 5 heteroatoms. The first-order chi connectivity index (χ1) is 6.19. The van der Waals surface area contributed by atoms with Crippen LogP contribution in [0.3, 0.4) is 0 Å².